The molecule has 0 bridgehead atoms. The van der Waals surface area contributed by atoms with Crippen molar-refractivity contribution < 1.29 is 19.4 Å². The number of hydrogen-bond acceptors (Lipinski definition) is 4. The number of ketones is 1. The highest BCUT2D eigenvalue weighted by molar-refractivity contribution is 5.98. The van der Waals surface area contributed by atoms with Crippen LogP contribution in [-0.2, 0) is 4.74 Å². The Labute approximate surface area is 103 Å². The van der Waals surface area contributed by atoms with Crippen molar-refractivity contribution >= 4 is 11.8 Å². The summed E-state index contributed by atoms with van der Waals surface area (Å²) in [4.78, 5) is 25.9. The number of aromatic nitrogens is 1. The SMILES string of the molecule is O=C(OCC(=O)c1ccc[nH]1)c1cccc(O)c1. The van der Waals surface area contributed by atoms with E-state index in [1.54, 1.807) is 18.3 Å². The monoisotopic (exact) mass is 245 g/mol. The lowest BCUT2D eigenvalue weighted by atomic mass is 10.2. The third kappa shape index (κ3) is 2.76. The molecule has 1 heterocycles. The summed E-state index contributed by atoms with van der Waals surface area (Å²) in [5.41, 5.74) is 0.591. The summed E-state index contributed by atoms with van der Waals surface area (Å²) in [6.45, 7) is -0.338. The maximum Gasteiger partial charge on any atom is 0.338 e. The topological polar surface area (TPSA) is 79.4 Å². The smallest absolute Gasteiger partial charge is 0.338 e. The van der Waals surface area contributed by atoms with Gasteiger partial charge in [-0.05, 0) is 30.3 Å². The number of ether oxygens (including phenoxy) is 1. The molecule has 2 aromatic rings. The van der Waals surface area contributed by atoms with Crippen LogP contribution in [0.1, 0.15) is 20.8 Å². The van der Waals surface area contributed by atoms with E-state index in [2.05, 4.69) is 4.98 Å². The highest BCUT2D eigenvalue weighted by Gasteiger charge is 2.12. The maximum atomic E-state index is 11.6. The summed E-state index contributed by atoms with van der Waals surface area (Å²) < 4.78 is 4.85. The molecule has 92 valence electrons. The third-order valence-corrected chi connectivity index (χ3v) is 2.31. The van der Waals surface area contributed by atoms with Crippen LogP contribution < -0.4 is 0 Å². The number of hydrogen-bond donors (Lipinski definition) is 2. The molecule has 5 nitrogen and oxygen atoms in total. The minimum atomic E-state index is -0.647. The highest BCUT2D eigenvalue weighted by atomic mass is 16.5. The lowest BCUT2D eigenvalue weighted by Gasteiger charge is -2.03. The first-order valence-electron chi connectivity index (χ1n) is 5.29. The molecule has 0 unspecified atom stereocenters. The number of phenols is 1. The van der Waals surface area contributed by atoms with Gasteiger partial charge in [0.2, 0.25) is 5.78 Å². The van der Waals surface area contributed by atoms with Crippen LogP contribution in [0.2, 0.25) is 0 Å². The fourth-order valence-electron chi connectivity index (χ4n) is 1.43. The van der Waals surface area contributed by atoms with Crippen LogP contribution in [0.25, 0.3) is 0 Å². The van der Waals surface area contributed by atoms with E-state index in [0.29, 0.717) is 5.69 Å². The number of carbonyl (C=O) groups is 2. The second kappa shape index (κ2) is 5.18. The van der Waals surface area contributed by atoms with Crippen molar-refractivity contribution in [1.29, 1.82) is 0 Å². The number of benzene rings is 1. The predicted molar refractivity (Wildman–Crippen MR) is 63.5 cm³/mol. The van der Waals surface area contributed by atoms with Crippen molar-refractivity contribution in [2.45, 2.75) is 0 Å². The van der Waals surface area contributed by atoms with Crippen LogP contribution in [0.5, 0.6) is 5.75 Å². The van der Waals surface area contributed by atoms with Crippen LogP contribution in [0.15, 0.2) is 42.6 Å². The average molecular weight is 245 g/mol. The Bertz CT molecular complexity index is 560. The number of nitrogens with one attached hydrogen (secondary N) is 1. The number of carbonyl (C=O) groups excluding carboxylic acids is 2. The minimum absolute atomic E-state index is 0.0276. The molecule has 0 aliphatic rings. The number of aromatic hydroxyl groups is 1. The van der Waals surface area contributed by atoms with Gasteiger partial charge in [0.1, 0.15) is 5.75 Å². The van der Waals surface area contributed by atoms with Crippen molar-refractivity contribution in [3.63, 3.8) is 0 Å². The zero-order valence-electron chi connectivity index (χ0n) is 9.42. The Balaban J connectivity index is 1.95. The molecular weight excluding hydrogens is 234 g/mol. The summed E-state index contributed by atoms with van der Waals surface area (Å²) in [7, 11) is 0. The van der Waals surface area contributed by atoms with Gasteiger partial charge in [-0.2, -0.15) is 0 Å². The maximum absolute atomic E-state index is 11.6. The van der Waals surface area contributed by atoms with Crippen molar-refractivity contribution in [3.05, 3.63) is 53.9 Å². The molecular formula is C13H11NO4. The van der Waals surface area contributed by atoms with Crippen LogP contribution in [-0.4, -0.2) is 28.4 Å². The molecule has 5 heteroatoms. The van der Waals surface area contributed by atoms with Gasteiger partial charge in [0.25, 0.3) is 0 Å². The molecule has 2 rings (SSSR count). The molecule has 0 atom stereocenters. The Hall–Kier alpha value is -2.56. The molecule has 0 fully saturated rings. The normalized spacial score (nSPS) is 10.0. The molecule has 0 amide bonds. The summed E-state index contributed by atoms with van der Waals surface area (Å²) in [6, 6.07) is 9.04. The molecule has 0 saturated carbocycles. The van der Waals surface area contributed by atoms with E-state index in [-0.39, 0.29) is 23.7 Å². The van der Waals surface area contributed by atoms with Gasteiger partial charge < -0.3 is 14.8 Å². The van der Waals surface area contributed by atoms with Gasteiger partial charge in [0, 0.05) is 6.20 Å². The lowest BCUT2D eigenvalue weighted by Crippen LogP contribution is -2.14. The molecule has 18 heavy (non-hydrogen) atoms. The molecule has 0 spiro atoms. The second-order valence-electron chi connectivity index (χ2n) is 3.63. The standard InChI is InChI=1S/C13H11NO4/c15-10-4-1-3-9(7-10)13(17)18-8-12(16)11-5-2-6-14-11/h1-7,14-15H,8H2. The zero-order valence-corrected chi connectivity index (χ0v) is 9.42. The van der Waals surface area contributed by atoms with Crippen LogP contribution in [0.3, 0.4) is 0 Å². The van der Waals surface area contributed by atoms with Crippen molar-refractivity contribution in [2.24, 2.45) is 0 Å². The Morgan fingerprint density at radius 2 is 2.06 bits per heavy atom. The first kappa shape index (κ1) is 11.9. The zero-order chi connectivity index (χ0) is 13.0. The first-order chi connectivity index (χ1) is 8.66. The second-order valence-corrected chi connectivity index (χ2v) is 3.63. The first-order valence-corrected chi connectivity index (χ1v) is 5.29. The Morgan fingerprint density at radius 3 is 2.72 bits per heavy atom. The lowest BCUT2D eigenvalue weighted by molar-refractivity contribution is 0.0473. The van der Waals surface area contributed by atoms with Gasteiger partial charge in [-0.15, -0.1) is 0 Å². The van der Waals surface area contributed by atoms with E-state index in [9.17, 15) is 14.7 Å². The molecule has 0 saturated heterocycles. The molecule has 2 N–H and O–H groups in total. The Kier molecular flexibility index (Phi) is 3.43. The third-order valence-electron chi connectivity index (χ3n) is 2.31. The molecule has 0 radical (unpaired) electrons. The fourth-order valence-corrected chi connectivity index (χ4v) is 1.43. The van der Waals surface area contributed by atoms with Crippen molar-refractivity contribution in [2.75, 3.05) is 6.61 Å². The van der Waals surface area contributed by atoms with E-state index < -0.39 is 5.97 Å². The van der Waals surface area contributed by atoms with E-state index >= 15 is 0 Å². The predicted octanol–water partition coefficient (Wildman–Crippen LogP) is 1.76. The van der Waals surface area contributed by atoms with E-state index in [0.717, 1.165) is 0 Å². The number of Topliss-reactive ketones (excluding diaryl/α,β-unsaturated/α-hetero) is 1. The van der Waals surface area contributed by atoms with Gasteiger partial charge in [0.05, 0.1) is 11.3 Å². The van der Waals surface area contributed by atoms with E-state index in [1.165, 1.54) is 24.3 Å². The summed E-state index contributed by atoms with van der Waals surface area (Å²) >= 11 is 0. The molecule has 1 aromatic heterocycles. The fraction of sp³-hybridized carbons (Fsp3) is 0.0769. The van der Waals surface area contributed by atoms with Crippen molar-refractivity contribution in [1.82, 2.24) is 4.98 Å². The quantitative estimate of drug-likeness (QED) is 0.635. The van der Waals surface area contributed by atoms with Gasteiger partial charge in [-0.1, -0.05) is 6.07 Å². The van der Waals surface area contributed by atoms with Crippen LogP contribution in [0, 0.1) is 0 Å². The number of rotatable bonds is 4. The number of phenolic OH excluding ortho intramolecular Hbond substituents is 1. The minimum Gasteiger partial charge on any atom is -0.508 e. The summed E-state index contributed by atoms with van der Waals surface area (Å²) in [6.07, 6.45) is 1.62. The van der Waals surface area contributed by atoms with Gasteiger partial charge in [-0.25, -0.2) is 4.79 Å². The van der Waals surface area contributed by atoms with E-state index in [1.807, 2.05) is 0 Å². The van der Waals surface area contributed by atoms with Gasteiger partial charge in [0.15, 0.2) is 6.61 Å². The van der Waals surface area contributed by atoms with Gasteiger partial charge >= 0.3 is 5.97 Å². The average Bonchev–Trinajstić information content (AvgIpc) is 2.89. The van der Waals surface area contributed by atoms with Crippen LogP contribution in [0.4, 0.5) is 0 Å². The number of esters is 1. The molecule has 1 aromatic carbocycles. The molecule has 0 aliphatic carbocycles. The number of aromatic amines is 1. The van der Waals surface area contributed by atoms with Crippen LogP contribution >= 0.6 is 0 Å². The summed E-state index contributed by atoms with van der Waals surface area (Å²) in [5.74, 6) is -0.987. The summed E-state index contributed by atoms with van der Waals surface area (Å²) in [5, 5.41) is 9.21. The highest BCUT2D eigenvalue weighted by Crippen LogP contribution is 2.11. The Morgan fingerprint density at radius 1 is 1.22 bits per heavy atom. The largest absolute Gasteiger partial charge is 0.508 e. The van der Waals surface area contributed by atoms with Crippen molar-refractivity contribution in [3.8, 4) is 5.75 Å². The van der Waals surface area contributed by atoms with E-state index in [4.69, 9.17) is 4.74 Å². The molecule has 0 aliphatic heterocycles. The number of H-pyrrole nitrogens is 1. The van der Waals surface area contributed by atoms with Gasteiger partial charge in [-0.3, -0.25) is 4.79 Å².